The number of rotatable bonds is 5. The maximum absolute atomic E-state index is 14.2. The Kier molecular flexibility index (Phi) is 4.61. The van der Waals surface area contributed by atoms with E-state index in [-0.39, 0.29) is 12.0 Å². The van der Waals surface area contributed by atoms with Crippen molar-refractivity contribution in [2.75, 3.05) is 5.32 Å². The van der Waals surface area contributed by atoms with Crippen molar-refractivity contribution >= 4 is 17.5 Å². The van der Waals surface area contributed by atoms with Crippen LogP contribution in [0, 0.1) is 5.82 Å². The lowest BCUT2D eigenvalue weighted by atomic mass is 10.1. The number of aromatic nitrogens is 1. The van der Waals surface area contributed by atoms with Crippen LogP contribution in [0.4, 0.5) is 10.1 Å². The minimum absolute atomic E-state index is 0.139. The van der Waals surface area contributed by atoms with E-state index in [9.17, 15) is 14.0 Å². The molecule has 3 N–H and O–H groups in total. The molecule has 1 heterocycles. The van der Waals surface area contributed by atoms with E-state index in [1.165, 1.54) is 6.07 Å². The van der Waals surface area contributed by atoms with Crippen LogP contribution in [0.2, 0.25) is 0 Å². The molecule has 0 aliphatic carbocycles. The first-order valence-corrected chi connectivity index (χ1v) is 7.64. The highest BCUT2D eigenvalue weighted by molar-refractivity contribution is 6.04. The summed E-state index contributed by atoms with van der Waals surface area (Å²) in [6.07, 6.45) is 3.60. The predicted molar refractivity (Wildman–Crippen MR) is 93.0 cm³/mol. The van der Waals surface area contributed by atoms with Crippen molar-refractivity contribution in [1.82, 2.24) is 4.57 Å². The van der Waals surface area contributed by atoms with Gasteiger partial charge in [-0.2, -0.15) is 0 Å². The van der Waals surface area contributed by atoms with Crippen molar-refractivity contribution in [2.45, 2.75) is 6.42 Å². The van der Waals surface area contributed by atoms with Gasteiger partial charge in [-0.3, -0.25) is 9.59 Å². The fourth-order valence-electron chi connectivity index (χ4n) is 2.46. The number of hydrogen-bond acceptors (Lipinski definition) is 2. The van der Waals surface area contributed by atoms with Gasteiger partial charge in [-0.05, 0) is 48.0 Å². The third kappa shape index (κ3) is 3.92. The summed E-state index contributed by atoms with van der Waals surface area (Å²) < 4.78 is 15.9. The van der Waals surface area contributed by atoms with Gasteiger partial charge < -0.3 is 15.6 Å². The van der Waals surface area contributed by atoms with Crippen molar-refractivity contribution in [3.63, 3.8) is 0 Å². The van der Waals surface area contributed by atoms with Crippen LogP contribution in [0.3, 0.4) is 0 Å². The average Bonchev–Trinajstić information content (AvgIpc) is 3.10. The predicted octanol–water partition coefficient (Wildman–Crippen LogP) is 2.90. The van der Waals surface area contributed by atoms with Crippen LogP contribution in [0.1, 0.15) is 15.9 Å². The molecular weight excluding hydrogens is 321 g/mol. The van der Waals surface area contributed by atoms with Crippen LogP contribution in [0.15, 0.2) is 67.0 Å². The average molecular weight is 337 g/mol. The second-order valence-electron chi connectivity index (χ2n) is 5.55. The van der Waals surface area contributed by atoms with Gasteiger partial charge in [0.1, 0.15) is 5.82 Å². The smallest absolute Gasteiger partial charge is 0.255 e. The lowest BCUT2D eigenvalue weighted by molar-refractivity contribution is -0.117. The number of nitrogens with zero attached hydrogens (tertiary/aromatic N) is 1. The summed E-state index contributed by atoms with van der Waals surface area (Å²) in [5.41, 5.74) is 7.03. The Labute approximate surface area is 143 Å². The molecule has 3 rings (SSSR count). The number of nitrogens with two attached hydrogens (primary N) is 1. The molecule has 3 aromatic rings. The monoisotopic (exact) mass is 337 g/mol. The molecule has 5 nitrogen and oxygen atoms in total. The van der Waals surface area contributed by atoms with E-state index in [0.29, 0.717) is 11.4 Å². The quantitative estimate of drug-likeness (QED) is 0.751. The topological polar surface area (TPSA) is 77.1 Å². The number of amides is 2. The highest BCUT2D eigenvalue weighted by atomic mass is 19.1. The first-order chi connectivity index (χ1) is 12.0. The Bertz CT molecular complexity index is 903. The van der Waals surface area contributed by atoms with E-state index in [0.717, 1.165) is 5.56 Å². The number of hydrogen-bond donors (Lipinski definition) is 2. The van der Waals surface area contributed by atoms with Crippen LogP contribution >= 0.6 is 0 Å². The molecule has 2 aromatic carbocycles. The minimum atomic E-state index is -0.486. The summed E-state index contributed by atoms with van der Waals surface area (Å²) >= 11 is 0. The standard InChI is InChI=1S/C19H16FN3O2/c20-16-12-14(5-8-17(16)23-9-1-2-10-23)19(25)22-15-6-3-13(4-7-15)11-18(21)24/h1-10,12H,11H2,(H2,21,24)(H,22,25). The number of carbonyl (C=O) groups is 2. The maximum atomic E-state index is 14.2. The molecule has 25 heavy (non-hydrogen) atoms. The highest BCUT2D eigenvalue weighted by Gasteiger charge is 2.11. The SMILES string of the molecule is NC(=O)Cc1ccc(NC(=O)c2ccc(-n3cccc3)c(F)c2)cc1. The molecule has 0 fully saturated rings. The molecule has 0 aliphatic rings. The third-order valence-corrected chi connectivity index (χ3v) is 3.68. The van der Waals surface area contributed by atoms with Crippen LogP contribution in [0.5, 0.6) is 0 Å². The van der Waals surface area contributed by atoms with Crippen molar-refractivity contribution < 1.29 is 14.0 Å². The fourth-order valence-corrected chi connectivity index (χ4v) is 2.46. The Hall–Kier alpha value is -3.41. The molecule has 0 aliphatic heterocycles. The highest BCUT2D eigenvalue weighted by Crippen LogP contribution is 2.17. The lowest BCUT2D eigenvalue weighted by Gasteiger charge is -2.09. The summed E-state index contributed by atoms with van der Waals surface area (Å²) in [5, 5.41) is 2.69. The van der Waals surface area contributed by atoms with Crippen LogP contribution in [-0.4, -0.2) is 16.4 Å². The van der Waals surface area contributed by atoms with Crippen molar-refractivity contribution in [3.8, 4) is 5.69 Å². The van der Waals surface area contributed by atoms with E-state index in [1.807, 2.05) is 0 Å². The summed E-state index contributed by atoms with van der Waals surface area (Å²) in [6, 6.07) is 14.7. The van der Waals surface area contributed by atoms with Gasteiger partial charge in [-0.15, -0.1) is 0 Å². The van der Waals surface area contributed by atoms with Gasteiger partial charge in [-0.1, -0.05) is 12.1 Å². The van der Waals surface area contributed by atoms with Gasteiger partial charge in [0.2, 0.25) is 5.91 Å². The fraction of sp³-hybridized carbons (Fsp3) is 0.0526. The number of anilines is 1. The second-order valence-corrected chi connectivity index (χ2v) is 5.55. The molecule has 0 spiro atoms. The number of primary amides is 1. The molecule has 0 atom stereocenters. The van der Waals surface area contributed by atoms with Crippen LogP contribution in [-0.2, 0) is 11.2 Å². The summed E-state index contributed by atoms with van der Waals surface area (Å²) in [6.45, 7) is 0. The molecule has 0 saturated carbocycles. The van der Waals surface area contributed by atoms with Crippen molar-refractivity contribution in [2.24, 2.45) is 5.73 Å². The lowest BCUT2D eigenvalue weighted by Crippen LogP contribution is -2.14. The Balaban J connectivity index is 1.73. The maximum Gasteiger partial charge on any atom is 0.255 e. The van der Waals surface area contributed by atoms with Crippen LogP contribution in [0.25, 0.3) is 5.69 Å². The zero-order valence-electron chi connectivity index (χ0n) is 13.3. The summed E-state index contributed by atoms with van der Waals surface area (Å²) in [7, 11) is 0. The molecule has 0 radical (unpaired) electrons. The van der Waals surface area contributed by atoms with E-state index in [1.54, 1.807) is 65.5 Å². The first kappa shape index (κ1) is 16.4. The van der Waals surface area contributed by atoms with E-state index in [4.69, 9.17) is 5.73 Å². The summed E-state index contributed by atoms with van der Waals surface area (Å²) in [5.74, 6) is -1.32. The van der Waals surface area contributed by atoms with E-state index >= 15 is 0 Å². The molecular formula is C19H16FN3O2. The molecule has 0 unspecified atom stereocenters. The Morgan fingerprint density at radius 3 is 2.32 bits per heavy atom. The second kappa shape index (κ2) is 7.00. The number of nitrogens with one attached hydrogen (secondary N) is 1. The van der Waals surface area contributed by atoms with Crippen molar-refractivity contribution in [3.05, 3.63) is 83.9 Å². The number of benzene rings is 2. The molecule has 126 valence electrons. The Morgan fingerprint density at radius 1 is 1.04 bits per heavy atom. The van der Waals surface area contributed by atoms with Gasteiger partial charge in [-0.25, -0.2) is 4.39 Å². The van der Waals surface area contributed by atoms with Gasteiger partial charge in [0.05, 0.1) is 12.1 Å². The van der Waals surface area contributed by atoms with Crippen molar-refractivity contribution in [1.29, 1.82) is 0 Å². The number of carbonyl (C=O) groups excluding carboxylic acids is 2. The molecule has 0 bridgehead atoms. The molecule has 6 heteroatoms. The minimum Gasteiger partial charge on any atom is -0.369 e. The van der Waals surface area contributed by atoms with Gasteiger partial charge in [0, 0.05) is 23.6 Å². The molecule has 1 aromatic heterocycles. The first-order valence-electron chi connectivity index (χ1n) is 7.64. The van der Waals surface area contributed by atoms with E-state index in [2.05, 4.69) is 5.32 Å². The largest absolute Gasteiger partial charge is 0.369 e. The van der Waals surface area contributed by atoms with Crippen LogP contribution < -0.4 is 11.1 Å². The van der Waals surface area contributed by atoms with Gasteiger partial charge in [0.25, 0.3) is 5.91 Å². The zero-order valence-corrected chi connectivity index (χ0v) is 13.3. The Morgan fingerprint density at radius 2 is 1.72 bits per heavy atom. The summed E-state index contributed by atoms with van der Waals surface area (Å²) in [4.78, 5) is 23.1. The third-order valence-electron chi connectivity index (χ3n) is 3.68. The molecule has 0 saturated heterocycles. The van der Waals surface area contributed by atoms with Gasteiger partial charge in [0.15, 0.2) is 0 Å². The molecule has 2 amide bonds. The normalized spacial score (nSPS) is 10.4. The zero-order chi connectivity index (χ0) is 17.8. The van der Waals surface area contributed by atoms with E-state index < -0.39 is 17.6 Å². The number of halogens is 1. The van der Waals surface area contributed by atoms with Gasteiger partial charge >= 0.3 is 0 Å².